The summed E-state index contributed by atoms with van der Waals surface area (Å²) >= 11 is 6.48. The Morgan fingerprint density at radius 1 is 1.16 bits per heavy atom. The minimum absolute atomic E-state index is 0.219. The van der Waals surface area contributed by atoms with Gasteiger partial charge in [-0.05, 0) is 47.5 Å². The lowest BCUT2D eigenvalue weighted by Crippen LogP contribution is -2.41. The van der Waals surface area contributed by atoms with E-state index in [4.69, 9.17) is 26.8 Å². The molecule has 0 bridgehead atoms. The summed E-state index contributed by atoms with van der Waals surface area (Å²) < 4.78 is 26.1. The van der Waals surface area contributed by atoms with Gasteiger partial charge in [-0.1, -0.05) is 11.6 Å². The Kier molecular flexibility index (Phi) is 7.52. The first kappa shape index (κ1) is 25.6. The maximum atomic E-state index is 14.9. The third kappa shape index (κ3) is 5.76. The number of anilines is 1. The fraction of sp³-hybridized carbons (Fsp3) is 0.259. The standard InChI is InChI=1S/C27H25ClFN5O4/c28-21-11-17(19-12-22(29)25(33-14-19)27(36)34-5-7-37-8-6-34)9-18-10-20(38-26(18)21)15-32-24(35)4-2-16-1-3-23(30)31-13-16/h1-4,9,11-14,20H,5-8,10,15H2,(H2,30,31)(H,32,35). The fourth-order valence-corrected chi connectivity index (χ4v) is 4.58. The van der Waals surface area contributed by atoms with Gasteiger partial charge in [0.05, 0.1) is 24.8 Å². The van der Waals surface area contributed by atoms with Crippen LogP contribution < -0.4 is 15.8 Å². The van der Waals surface area contributed by atoms with Crippen LogP contribution in [0.15, 0.2) is 48.8 Å². The molecule has 2 amide bonds. The fourth-order valence-electron chi connectivity index (χ4n) is 4.30. The van der Waals surface area contributed by atoms with Crippen LogP contribution in [0.25, 0.3) is 17.2 Å². The summed E-state index contributed by atoms with van der Waals surface area (Å²) in [6.45, 7) is 1.92. The number of halogens is 2. The van der Waals surface area contributed by atoms with Crippen molar-refractivity contribution >= 4 is 35.3 Å². The average molecular weight is 538 g/mol. The van der Waals surface area contributed by atoms with Gasteiger partial charge in [0.25, 0.3) is 5.91 Å². The number of nitrogens with zero attached hydrogens (tertiary/aromatic N) is 3. The number of carbonyl (C=O) groups excluding carboxylic acids is 2. The number of hydrogen-bond donors (Lipinski definition) is 2. The van der Waals surface area contributed by atoms with E-state index in [0.717, 1.165) is 11.1 Å². The van der Waals surface area contributed by atoms with Crippen LogP contribution in [0.3, 0.4) is 0 Å². The summed E-state index contributed by atoms with van der Waals surface area (Å²) in [5.74, 6) is -0.492. The largest absolute Gasteiger partial charge is 0.486 e. The van der Waals surface area contributed by atoms with E-state index in [1.165, 1.54) is 23.2 Å². The molecule has 196 valence electrons. The molecular weight excluding hydrogens is 513 g/mol. The molecule has 0 saturated carbocycles. The molecular formula is C27H25ClFN5O4. The van der Waals surface area contributed by atoms with Crippen LogP contribution in [-0.4, -0.2) is 65.6 Å². The Balaban J connectivity index is 1.22. The summed E-state index contributed by atoms with van der Waals surface area (Å²) in [5.41, 5.74) is 8.08. The number of amides is 2. The average Bonchev–Trinajstić information content (AvgIpc) is 3.35. The highest BCUT2D eigenvalue weighted by Crippen LogP contribution is 2.39. The topological polar surface area (TPSA) is 120 Å². The van der Waals surface area contributed by atoms with Gasteiger partial charge in [0, 0.05) is 49.1 Å². The molecule has 11 heteroatoms. The van der Waals surface area contributed by atoms with E-state index in [-0.39, 0.29) is 24.2 Å². The normalized spacial score (nSPS) is 16.8. The Labute approximate surface area is 223 Å². The van der Waals surface area contributed by atoms with E-state index < -0.39 is 11.7 Å². The molecule has 4 heterocycles. The van der Waals surface area contributed by atoms with Crippen molar-refractivity contribution in [3.8, 4) is 16.9 Å². The highest BCUT2D eigenvalue weighted by atomic mass is 35.5. The molecule has 1 saturated heterocycles. The van der Waals surface area contributed by atoms with Crippen molar-refractivity contribution in [3.05, 3.63) is 76.5 Å². The van der Waals surface area contributed by atoms with Crippen molar-refractivity contribution in [2.24, 2.45) is 0 Å². The number of pyridine rings is 2. The number of carbonyl (C=O) groups is 2. The first-order chi connectivity index (χ1) is 18.4. The molecule has 0 aliphatic carbocycles. The van der Waals surface area contributed by atoms with E-state index in [1.54, 1.807) is 30.5 Å². The minimum Gasteiger partial charge on any atom is -0.486 e. The number of aromatic nitrogens is 2. The van der Waals surface area contributed by atoms with E-state index in [0.29, 0.717) is 60.4 Å². The number of nitrogen functional groups attached to an aromatic ring is 1. The third-order valence-corrected chi connectivity index (χ3v) is 6.55. The quantitative estimate of drug-likeness (QED) is 0.464. The first-order valence-electron chi connectivity index (χ1n) is 12.1. The van der Waals surface area contributed by atoms with Crippen molar-refractivity contribution in [2.45, 2.75) is 12.5 Å². The molecule has 3 aromatic rings. The van der Waals surface area contributed by atoms with Crippen molar-refractivity contribution in [1.29, 1.82) is 0 Å². The van der Waals surface area contributed by atoms with Gasteiger partial charge < -0.3 is 25.4 Å². The summed E-state index contributed by atoms with van der Waals surface area (Å²) in [6.07, 6.45) is 6.30. The monoisotopic (exact) mass is 537 g/mol. The predicted octanol–water partition coefficient (Wildman–Crippen LogP) is 3.12. The maximum absolute atomic E-state index is 14.9. The van der Waals surface area contributed by atoms with Crippen molar-refractivity contribution in [3.63, 3.8) is 0 Å². The second-order valence-electron chi connectivity index (χ2n) is 8.94. The van der Waals surface area contributed by atoms with Crippen molar-refractivity contribution < 1.29 is 23.5 Å². The van der Waals surface area contributed by atoms with E-state index in [1.807, 2.05) is 6.07 Å². The van der Waals surface area contributed by atoms with E-state index in [9.17, 15) is 14.0 Å². The lowest BCUT2D eigenvalue weighted by molar-refractivity contribution is -0.116. The smallest absolute Gasteiger partial charge is 0.275 e. The lowest BCUT2D eigenvalue weighted by Gasteiger charge is -2.26. The Hall–Kier alpha value is -4.02. The molecule has 1 atom stereocenters. The first-order valence-corrected chi connectivity index (χ1v) is 12.4. The van der Waals surface area contributed by atoms with Crippen LogP contribution in [0.1, 0.15) is 21.6 Å². The number of rotatable bonds is 6. The van der Waals surface area contributed by atoms with Crippen LogP contribution in [-0.2, 0) is 16.0 Å². The number of hydrogen-bond acceptors (Lipinski definition) is 7. The Bertz CT molecular complexity index is 1390. The number of benzene rings is 1. The Morgan fingerprint density at radius 2 is 1.97 bits per heavy atom. The van der Waals surface area contributed by atoms with Crippen LogP contribution in [0.4, 0.5) is 10.2 Å². The van der Waals surface area contributed by atoms with Crippen LogP contribution in [0.5, 0.6) is 5.75 Å². The van der Waals surface area contributed by atoms with Crippen LogP contribution in [0.2, 0.25) is 5.02 Å². The number of nitrogens with one attached hydrogen (secondary N) is 1. The molecule has 2 aliphatic rings. The summed E-state index contributed by atoms with van der Waals surface area (Å²) in [6, 6.07) is 8.24. The second-order valence-corrected chi connectivity index (χ2v) is 9.35. The van der Waals surface area contributed by atoms with E-state index >= 15 is 0 Å². The maximum Gasteiger partial charge on any atom is 0.275 e. The van der Waals surface area contributed by atoms with Crippen molar-refractivity contribution in [2.75, 3.05) is 38.6 Å². The molecule has 1 aromatic carbocycles. The Morgan fingerprint density at radius 3 is 2.71 bits per heavy atom. The van der Waals surface area contributed by atoms with Crippen LogP contribution >= 0.6 is 11.6 Å². The van der Waals surface area contributed by atoms with Gasteiger partial charge in [-0.15, -0.1) is 0 Å². The zero-order valence-electron chi connectivity index (χ0n) is 20.3. The molecule has 2 aromatic heterocycles. The molecule has 2 aliphatic heterocycles. The van der Waals surface area contributed by atoms with Gasteiger partial charge in [-0.25, -0.2) is 14.4 Å². The SMILES string of the molecule is Nc1ccc(C=CC(=O)NCC2Cc3cc(-c4cnc(C(=O)N5CCOCC5)c(F)c4)cc(Cl)c3O2)cn1. The zero-order chi connectivity index (χ0) is 26.6. The highest BCUT2D eigenvalue weighted by molar-refractivity contribution is 6.32. The summed E-state index contributed by atoms with van der Waals surface area (Å²) in [5, 5.41) is 3.19. The zero-order valence-corrected chi connectivity index (χ0v) is 21.1. The molecule has 3 N–H and O–H groups in total. The number of nitrogens with two attached hydrogens (primary N) is 1. The van der Waals surface area contributed by atoms with Gasteiger partial charge in [-0.2, -0.15) is 0 Å². The third-order valence-electron chi connectivity index (χ3n) is 6.27. The second kappa shape index (κ2) is 11.2. The van der Waals surface area contributed by atoms with Gasteiger partial charge in [-0.3, -0.25) is 9.59 Å². The number of fused-ring (bicyclic) bond motifs is 1. The van der Waals surface area contributed by atoms with Gasteiger partial charge >= 0.3 is 0 Å². The summed E-state index contributed by atoms with van der Waals surface area (Å²) in [7, 11) is 0. The van der Waals surface area contributed by atoms with E-state index in [2.05, 4.69) is 15.3 Å². The van der Waals surface area contributed by atoms with Gasteiger partial charge in [0.1, 0.15) is 17.7 Å². The van der Waals surface area contributed by atoms with Crippen LogP contribution in [0, 0.1) is 5.82 Å². The van der Waals surface area contributed by atoms with Gasteiger partial charge in [0.2, 0.25) is 5.91 Å². The molecule has 1 fully saturated rings. The molecule has 1 unspecified atom stereocenters. The predicted molar refractivity (Wildman–Crippen MR) is 140 cm³/mol. The summed E-state index contributed by atoms with van der Waals surface area (Å²) in [4.78, 5) is 34.5. The number of morpholine rings is 1. The number of ether oxygens (including phenoxy) is 2. The molecule has 0 radical (unpaired) electrons. The molecule has 5 rings (SSSR count). The van der Waals surface area contributed by atoms with Gasteiger partial charge in [0.15, 0.2) is 11.5 Å². The molecule has 0 spiro atoms. The molecule has 38 heavy (non-hydrogen) atoms. The lowest BCUT2D eigenvalue weighted by atomic mass is 10.0. The van der Waals surface area contributed by atoms with Crippen molar-refractivity contribution in [1.82, 2.24) is 20.2 Å². The minimum atomic E-state index is -0.699. The highest BCUT2D eigenvalue weighted by Gasteiger charge is 2.27. The molecule has 9 nitrogen and oxygen atoms in total.